The Morgan fingerprint density at radius 1 is 1.20 bits per heavy atom. The second-order valence-corrected chi connectivity index (χ2v) is 3.89. The van der Waals surface area contributed by atoms with Crippen LogP contribution >= 0.6 is 0 Å². The number of methoxy groups -OCH3 is 3. The summed E-state index contributed by atoms with van der Waals surface area (Å²) in [6.07, 6.45) is 0. The van der Waals surface area contributed by atoms with E-state index >= 15 is 0 Å². The molecule has 0 aliphatic rings. The Labute approximate surface area is 118 Å². The molecule has 6 nitrogen and oxygen atoms in total. The summed E-state index contributed by atoms with van der Waals surface area (Å²) < 4.78 is 15.6. The minimum absolute atomic E-state index is 0.0337. The fourth-order valence-corrected chi connectivity index (χ4v) is 1.80. The van der Waals surface area contributed by atoms with Crippen molar-refractivity contribution in [1.29, 1.82) is 5.26 Å². The molecule has 0 spiro atoms. The van der Waals surface area contributed by atoms with Gasteiger partial charge in [0.15, 0.2) is 11.5 Å². The standard InChI is InChI=1S/C14H18N2O4/c1-5-16(7-6-15)14(17)10-8-11(18-2)13(20-4)12(9-10)19-3/h8-9H,5,7H2,1-4H3. The van der Waals surface area contributed by atoms with E-state index in [1.165, 1.54) is 26.2 Å². The van der Waals surface area contributed by atoms with Crippen LogP contribution in [0.15, 0.2) is 12.1 Å². The maximum atomic E-state index is 12.3. The summed E-state index contributed by atoms with van der Waals surface area (Å²) in [4.78, 5) is 13.8. The average Bonchev–Trinajstić information content (AvgIpc) is 2.50. The number of nitriles is 1. The number of hydrogen-bond acceptors (Lipinski definition) is 5. The first kappa shape index (κ1) is 15.6. The molecule has 1 aromatic rings. The fraction of sp³-hybridized carbons (Fsp3) is 0.429. The molecule has 0 aliphatic heterocycles. The highest BCUT2D eigenvalue weighted by Gasteiger charge is 2.20. The predicted octanol–water partition coefficient (Wildman–Crippen LogP) is 1.70. The van der Waals surface area contributed by atoms with Gasteiger partial charge in [0, 0.05) is 12.1 Å². The van der Waals surface area contributed by atoms with Crippen molar-refractivity contribution in [2.75, 3.05) is 34.4 Å². The molecule has 0 radical (unpaired) electrons. The maximum Gasteiger partial charge on any atom is 0.254 e. The van der Waals surface area contributed by atoms with Crippen molar-refractivity contribution >= 4 is 5.91 Å². The fourth-order valence-electron chi connectivity index (χ4n) is 1.80. The molecule has 0 bridgehead atoms. The van der Waals surface area contributed by atoms with Gasteiger partial charge in [-0.1, -0.05) is 0 Å². The van der Waals surface area contributed by atoms with Crippen LogP contribution in [-0.2, 0) is 0 Å². The van der Waals surface area contributed by atoms with Crippen molar-refractivity contribution in [2.45, 2.75) is 6.92 Å². The van der Waals surface area contributed by atoms with Gasteiger partial charge in [0.2, 0.25) is 5.75 Å². The van der Waals surface area contributed by atoms with Crippen molar-refractivity contribution < 1.29 is 19.0 Å². The first-order valence-electron chi connectivity index (χ1n) is 6.09. The summed E-state index contributed by atoms with van der Waals surface area (Å²) in [6.45, 7) is 2.29. The molecule has 0 atom stereocenters. The van der Waals surface area contributed by atoms with E-state index in [9.17, 15) is 4.79 Å². The van der Waals surface area contributed by atoms with E-state index in [4.69, 9.17) is 19.5 Å². The molecule has 0 aromatic heterocycles. The minimum atomic E-state index is -0.256. The van der Waals surface area contributed by atoms with Gasteiger partial charge in [-0.2, -0.15) is 5.26 Å². The number of rotatable bonds is 6. The highest BCUT2D eigenvalue weighted by atomic mass is 16.5. The summed E-state index contributed by atoms with van der Waals surface area (Å²) >= 11 is 0. The second-order valence-electron chi connectivity index (χ2n) is 3.89. The van der Waals surface area contributed by atoms with Gasteiger partial charge in [-0.15, -0.1) is 0 Å². The topological polar surface area (TPSA) is 71.8 Å². The van der Waals surface area contributed by atoms with Crippen molar-refractivity contribution in [2.24, 2.45) is 0 Å². The number of carbonyl (C=O) groups is 1. The van der Waals surface area contributed by atoms with E-state index in [1.807, 2.05) is 13.0 Å². The van der Waals surface area contributed by atoms with Crippen LogP contribution in [-0.4, -0.2) is 45.2 Å². The Kier molecular flexibility index (Phi) is 5.66. The van der Waals surface area contributed by atoms with E-state index < -0.39 is 0 Å². The maximum absolute atomic E-state index is 12.3. The molecule has 0 saturated carbocycles. The van der Waals surface area contributed by atoms with Gasteiger partial charge in [-0.05, 0) is 19.1 Å². The lowest BCUT2D eigenvalue weighted by atomic mass is 10.1. The molecule has 0 fully saturated rings. The molecule has 20 heavy (non-hydrogen) atoms. The lowest BCUT2D eigenvalue weighted by Gasteiger charge is -2.19. The Bertz CT molecular complexity index is 497. The molecule has 1 aromatic carbocycles. The molecule has 1 rings (SSSR count). The summed E-state index contributed by atoms with van der Waals surface area (Å²) in [5.41, 5.74) is 0.386. The normalized spacial score (nSPS) is 9.55. The highest BCUT2D eigenvalue weighted by Crippen LogP contribution is 2.38. The third kappa shape index (κ3) is 3.12. The molecule has 0 unspecified atom stereocenters. The monoisotopic (exact) mass is 278 g/mol. The van der Waals surface area contributed by atoms with Crippen molar-refractivity contribution in [1.82, 2.24) is 4.90 Å². The van der Waals surface area contributed by atoms with E-state index in [0.29, 0.717) is 29.4 Å². The van der Waals surface area contributed by atoms with Crippen molar-refractivity contribution in [3.8, 4) is 23.3 Å². The zero-order chi connectivity index (χ0) is 15.1. The van der Waals surface area contributed by atoms with Crippen LogP contribution in [0.25, 0.3) is 0 Å². The number of hydrogen-bond donors (Lipinski definition) is 0. The highest BCUT2D eigenvalue weighted by molar-refractivity contribution is 5.95. The smallest absolute Gasteiger partial charge is 0.254 e. The molecule has 108 valence electrons. The van der Waals surface area contributed by atoms with Gasteiger partial charge in [0.1, 0.15) is 6.54 Å². The summed E-state index contributed by atoms with van der Waals surface area (Å²) in [5, 5.41) is 8.73. The van der Waals surface area contributed by atoms with Crippen LogP contribution in [0, 0.1) is 11.3 Å². The van der Waals surface area contributed by atoms with E-state index in [2.05, 4.69) is 0 Å². The van der Waals surface area contributed by atoms with Crippen LogP contribution in [0.5, 0.6) is 17.2 Å². The quantitative estimate of drug-likeness (QED) is 0.741. The molecular weight excluding hydrogens is 260 g/mol. The van der Waals surface area contributed by atoms with E-state index in [-0.39, 0.29) is 12.5 Å². The number of carbonyl (C=O) groups excluding carboxylic acids is 1. The Morgan fingerprint density at radius 2 is 1.75 bits per heavy atom. The van der Waals surface area contributed by atoms with Gasteiger partial charge in [-0.25, -0.2) is 0 Å². The van der Waals surface area contributed by atoms with Crippen molar-refractivity contribution in [3.63, 3.8) is 0 Å². The average molecular weight is 278 g/mol. The van der Waals surface area contributed by atoms with Gasteiger partial charge in [0.25, 0.3) is 5.91 Å². The van der Waals surface area contributed by atoms with Crippen LogP contribution < -0.4 is 14.2 Å². The summed E-state index contributed by atoms with van der Waals surface area (Å²) in [5.74, 6) is 0.981. The van der Waals surface area contributed by atoms with Crippen molar-refractivity contribution in [3.05, 3.63) is 17.7 Å². The minimum Gasteiger partial charge on any atom is -0.493 e. The Hall–Kier alpha value is -2.42. The first-order chi connectivity index (χ1) is 9.62. The lowest BCUT2D eigenvalue weighted by molar-refractivity contribution is 0.0783. The molecule has 0 N–H and O–H groups in total. The molecule has 6 heteroatoms. The largest absolute Gasteiger partial charge is 0.493 e. The Balaban J connectivity index is 3.25. The lowest BCUT2D eigenvalue weighted by Crippen LogP contribution is -2.31. The Morgan fingerprint density at radius 3 is 2.10 bits per heavy atom. The molecule has 0 saturated heterocycles. The zero-order valence-corrected chi connectivity index (χ0v) is 12.1. The number of ether oxygens (including phenoxy) is 3. The first-order valence-corrected chi connectivity index (χ1v) is 6.09. The summed E-state index contributed by atoms with van der Waals surface area (Å²) in [7, 11) is 4.47. The zero-order valence-electron chi connectivity index (χ0n) is 12.1. The molecule has 1 amide bonds. The second kappa shape index (κ2) is 7.24. The van der Waals surface area contributed by atoms with Gasteiger partial charge < -0.3 is 19.1 Å². The summed E-state index contributed by atoms with van der Waals surface area (Å²) in [6, 6.07) is 5.11. The van der Waals surface area contributed by atoms with Gasteiger partial charge in [-0.3, -0.25) is 4.79 Å². The van der Waals surface area contributed by atoms with E-state index in [0.717, 1.165) is 0 Å². The third-order valence-corrected chi connectivity index (χ3v) is 2.84. The van der Waals surface area contributed by atoms with Crippen LogP contribution in [0.4, 0.5) is 0 Å². The molecular formula is C14H18N2O4. The van der Waals surface area contributed by atoms with Crippen LogP contribution in [0.3, 0.4) is 0 Å². The van der Waals surface area contributed by atoms with Gasteiger partial charge in [0.05, 0.1) is 27.4 Å². The van der Waals surface area contributed by atoms with Crippen LogP contribution in [0.2, 0.25) is 0 Å². The van der Waals surface area contributed by atoms with E-state index in [1.54, 1.807) is 12.1 Å². The predicted molar refractivity (Wildman–Crippen MR) is 73.3 cm³/mol. The molecule has 0 heterocycles. The number of nitrogens with zero attached hydrogens (tertiary/aromatic N) is 2. The number of benzene rings is 1. The van der Waals surface area contributed by atoms with Gasteiger partial charge >= 0.3 is 0 Å². The molecule has 0 aliphatic carbocycles. The SMILES string of the molecule is CCN(CC#N)C(=O)c1cc(OC)c(OC)c(OC)c1. The van der Waals surface area contributed by atoms with Crippen LogP contribution in [0.1, 0.15) is 17.3 Å². The third-order valence-electron chi connectivity index (χ3n) is 2.84. The number of amides is 1.